The highest BCUT2D eigenvalue weighted by atomic mass is 16.6. The van der Waals surface area contributed by atoms with Gasteiger partial charge in [0.2, 0.25) is 0 Å². The largest absolute Gasteiger partial charge is 0.387 e. The Morgan fingerprint density at radius 2 is 2.12 bits per heavy atom. The standard InChI is InChI=1S/C16H25N7O3/c1-18-14-11-15(20-8-19-14)23(9-21-11)16-13(25)12(24)10(26-16)7-22(2)6-4-3-5-17/h3-4,8-10,12-13,16,24-25H,5-7,17H2,1-2H3,(H,18,19,20)/b4-3-/t10-,12-,13-,16-/m1/s1. The first-order valence-electron chi connectivity index (χ1n) is 8.47. The Morgan fingerprint density at radius 1 is 1.31 bits per heavy atom. The minimum absolute atomic E-state index is 0.465. The van der Waals surface area contributed by atoms with Crippen LogP contribution in [0.15, 0.2) is 24.8 Å². The van der Waals surface area contributed by atoms with Crippen molar-refractivity contribution >= 4 is 17.0 Å². The number of nitrogens with zero attached hydrogens (tertiary/aromatic N) is 5. The Labute approximate surface area is 151 Å². The molecular weight excluding hydrogens is 338 g/mol. The summed E-state index contributed by atoms with van der Waals surface area (Å²) >= 11 is 0. The van der Waals surface area contributed by atoms with Crippen molar-refractivity contribution in [1.82, 2.24) is 24.4 Å². The van der Waals surface area contributed by atoms with Crippen LogP contribution < -0.4 is 11.1 Å². The van der Waals surface area contributed by atoms with Crippen LogP contribution in [0.2, 0.25) is 0 Å². The predicted molar refractivity (Wildman–Crippen MR) is 96.5 cm³/mol. The fourth-order valence-corrected chi connectivity index (χ4v) is 3.06. The molecule has 3 rings (SSSR count). The summed E-state index contributed by atoms with van der Waals surface area (Å²) < 4.78 is 7.57. The number of imidazole rings is 1. The van der Waals surface area contributed by atoms with E-state index in [2.05, 4.69) is 20.3 Å². The lowest BCUT2D eigenvalue weighted by molar-refractivity contribution is -0.0414. The Balaban J connectivity index is 1.77. The third kappa shape index (κ3) is 3.55. The molecule has 0 radical (unpaired) electrons. The van der Waals surface area contributed by atoms with E-state index in [1.807, 2.05) is 24.1 Å². The highest BCUT2D eigenvalue weighted by Crippen LogP contribution is 2.32. The Hall–Kier alpha value is -2.11. The van der Waals surface area contributed by atoms with E-state index in [1.54, 1.807) is 11.6 Å². The molecule has 26 heavy (non-hydrogen) atoms. The maximum Gasteiger partial charge on any atom is 0.167 e. The fourth-order valence-electron chi connectivity index (χ4n) is 3.06. The van der Waals surface area contributed by atoms with Crippen LogP contribution >= 0.6 is 0 Å². The van der Waals surface area contributed by atoms with Gasteiger partial charge in [-0.25, -0.2) is 15.0 Å². The molecule has 10 heteroatoms. The Bertz CT molecular complexity index is 765. The van der Waals surface area contributed by atoms with E-state index in [4.69, 9.17) is 10.5 Å². The van der Waals surface area contributed by atoms with Gasteiger partial charge in [-0.1, -0.05) is 12.2 Å². The van der Waals surface area contributed by atoms with Crippen LogP contribution in [-0.4, -0.2) is 86.7 Å². The molecule has 0 amide bonds. The fraction of sp³-hybridized carbons (Fsp3) is 0.562. The lowest BCUT2D eigenvalue weighted by Gasteiger charge is -2.21. The van der Waals surface area contributed by atoms with E-state index in [0.29, 0.717) is 36.6 Å². The third-order valence-corrected chi connectivity index (χ3v) is 4.42. The van der Waals surface area contributed by atoms with E-state index < -0.39 is 24.5 Å². The molecule has 1 saturated heterocycles. The molecule has 0 saturated carbocycles. The zero-order valence-electron chi connectivity index (χ0n) is 14.9. The molecule has 0 aliphatic carbocycles. The molecule has 2 aromatic heterocycles. The summed E-state index contributed by atoms with van der Waals surface area (Å²) in [7, 11) is 3.66. The number of rotatable bonds is 7. The molecule has 1 fully saturated rings. The van der Waals surface area contributed by atoms with Gasteiger partial charge in [-0.05, 0) is 7.05 Å². The van der Waals surface area contributed by atoms with Gasteiger partial charge in [0.25, 0.3) is 0 Å². The lowest BCUT2D eigenvalue weighted by atomic mass is 10.1. The minimum atomic E-state index is -1.08. The van der Waals surface area contributed by atoms with Gasteiger partial charge in [0.15, 0.2) is 17.7 Å². The van der Waals surface area contributed by atoms with Crippen molar-refractivity contribution in [2.45, 2.75) is 24.5 Å². The topological polar surface area (TPSA) is 135 Å². The van der Waals surface area contributed by atoms with Crippen molar-refractivity contribution in [3.8, 4) is 0 Å². The second-order valence-corrected chi connectivity index (χ2v) is 6.27. The van der Waals surface area contributed by atoms with Crippen molar-refractivity contribution in [2.24, 2.45) is 5.73 Å². The molecule has 1 aliphatic rings. The molecule has 10 nitrogen and oxygen atoms in total. The molecule has 2 aromatic rings. The SMILES string of the molecule is CNc1ncnc2c1ncn2[C@@H]1O[C@H](CN(C)C/C=C\CN)[C@@H](O)[C@H]1O. The molecular formula is C16H25N7O3. The number of aromatic nitrogens is 4. The summed E-state index contributed by atoms with van der Waals surface area (Å²) in [4.78, 5) is 14.6. The number of aliphatic hydroxyl groups is 2. The van der Waals surface area contributed by atoms with Crippen LogP contribution in [-0.2, 0) is 4.74 Å². The number of aliphatic hydroxyl groups excluding tert-OH is 2. The Morgan fingerprint density at radius 3 is 2.85 bits per heavy atom. The number of hydrogen-bond acceptors (Lipinski definition) is 9. The van der Waals surface area contributed by atoms with Gasteiger partial charge < -0.3 is 30.9 Å². The predicted octanol–water partition coefficient (Wildman–Crippen LogP) is -1.07. The number of anilines is 1. The summed E-state index contributed by atoms with van der Waals surface area (Å²) in [5.41, 5.74) is 6.54. The van der Waals surface area contributed by atoms with Crippen LogP contribution in [0.5, 0.6) is 0 Å². The van der Waals surface area contributed by atoms with Crippen molar-refractivity contribution in [3.05, 3.63) is 24.8 Å². The first-order chi connectivity index (χ1) is 12.6. The van der Waals surface area contributed by atoms with Gasteiger partial charge in [-0.15, -0.1) is 0 Å². The summed E-state index contributed by atoms with van der Waals surface area (Å²) in [6.07, 6.45) is 3.38. The van der Waals surface area contributed by atoms with E-state index in [1.165, 1.54) is 12.7 Å². The van der Waals surface area contributed by atoms with E-state index >= 15 is 0 Å². The highest BCUT2D eigenvalue weighted by Gasteiger charge is 2.44. The van der Waals surface area contributed by atoms with Crippen LogP contribution in [0.1, 0.15) is 6.23 Å². The first-order valence-corrected chi connectivity index (χ1v) is 8.47. The second kappa shape index (κ2) is 8.06. The van der Waals surface area contributed by atoms with E-state index in [0.717, 1.165) is 0 Å². The normalized spacial score (nSPS) is 26.4. The average molecular weight is 363 g/mol. The summed E-state index contributed by atoms with van der Waals surface area (Å²) in [5, 5.41) is 23.8. The molecule has 1 aliphatic heterocycles. The second-order valence-electron chi connectivity index (χ2n) is 6.27. The van der Waals surface area contributed by atoms with Gasteiger partial charge in [0.05, 0.1) is 6.33 Å². The van der Waals surface area contributed by atoms with E-state index in [9.17, 15) is 10.2 Å². The first kappa shape index (κ1) is 18.7. The highest BCUT2D eigenvalue weighted by molar-refractivity contribution is 5.82. The van der Waals surface area contributed by atoms with Crippen LogP contribution in [0.25, 0.3) is 11.2 Å². The van der Waals surface area contributed by atoms with Crippen LogP contribution in [0.3, 0.4) is 0 Å². The molecule has 0 aromatic carbocycles. The number of fused-ring (bicyclic) bond motifs is 1. The van der Waals surface area contributed by atoms with Gasteiger partial charge in [-0.2, -0.15) is 0 Å². The lowest BCUT2D eigenvalue weighted by Crippen LogP contribution is -2.38. The van der Waals surface area contributed by atoms with Crippen LogP contribution in [0, 0.1) is 0 Å². The van der Waals surface area contributed by atoms with Gasteiger partial charge in [-0.3, -0.25) is 4.57 Å². The number of likely N-dealkylation sites (N-methyl/N-ethyl adjacent to an activating group) is 1. The quantitative estimate of drug-likeness (QED) is 0.454. The summed E-state index contributed by atoms with van der Waals surface area (Å²) in [6, 6.07) is 0. The number of nitrogens with two attached hydrogens (primary N) is 1. The third-order valence-electron chi connectivity index (χ3n) is 4.42. The van der Waals surface area contributed by atoms with Crippen molar-refractivity contribution in [3.63, 3.8) is 0 Å². The zero-order chi connectivity index (χ0) is 18.7. The number of hydrogen-bond donors (Lipinski definition) is 4. The van der Waals surface area contributed by atoms with Gasteiger partial charge in [0, 0.05) is 26.7 Å². The summed E-state index contributed by atoms with van der Waals surface area (Å²) in [5.74, 6) is 0.588. The Kier molecular flexibility index (Phi) is 5.79. The van der Waals surface area contributed by atoms with Gasteiger partial charge >= 0.3 is 0 Å². The average Bonchev–Trinajstić information content (AvgIpc) is 3.18. The molecule has 142 valence electrons. The van der Waals surface area contributed by atoms with Crippen molar-refractivity contribution < 1.29 is 14.9 Å². The maximum atomic E-state index is 10.5. The molecule has 4 atom stereocenters. The molecule has 5 N–H and O–H groups in total. The van der Waals surface area contributed by atoms with E-state index in [-0.39, 0.29) is 0 Å². The summed E-state index contributed by atoms with van der Waals surface area (Å²) in [6.45, 7) is 1.63. The van der Waals surface area contributed by atoms with Crippen LogP contribution in [0.4, 0.5) is 5.82 Å². The minimum Gasteiger partial charge on any atom is -0.387 e. The van der Waals surface area contributed by atoms with Gasteiger partial charge in [0.1, 0.15) is 30.2 Å². The number of ether oxygens (including phenoxy) is 1. The molecule has 0 spiro atoms. The van der Waals surface area contributed by atoms with Crippen molar-refractivity contribution in [2.75, 3.05) is 39.0 Å². The smallest absolute Gasteiger partial charge is 0.167 e. The number of nitrogens with one attached hydrogen (secondary N) is 1. The monoisotopic (exact) mass is 363 g/mol. The molecule has 0 unspecified atom stereocenters. The molecule has 0 bridgehead atoms. The molecule has 3 heterocycles. The zero-order valence-corrected chi connectivity index (χ0v) is 14.9. The van der Waals surface area contributed by atoms with Crippen molar-refractivity contribution in [1.29, 1.82) is 0 Å². The maximum absolute atomic E-state index is 10.5.